The summed E-state index contributed by atoms with van der Waals surface area (Å²) in [5.74, 6) is 0.841. The van der Waals surface area contributed by atoms with E-state index >= 15 is 0 Å². The van der Waals surface area contributed by atoms with E-state index in [1.807, 2.05) is 18.4 Å². The molecule has 0 saturated heterocycles. The maximum atomic E-state index is 5.28. The third-order valence-electron chi connectivity index (χ3n) is 4.02. The van der Waals surface area contributed by atoms with Gasteiger partial charge in [-0.15, -0.1) is 11.3 Å². The lowest BCUT2D eigenvalue weighted by Gasteiger charge is -2.28. The van der Waals surface area contributed by atoms with E-state index < -0.39 is 0 Å². The molecule has 0 amide bonds. The molecule has 0 aliphatic heterocycles. The van der Waals surface area contributed by atoms with E-state index in [1.165, 1.54) is 28.5 Å². The third kappa shape index (κ3) is 3.71. The van der Waals surface area contributed by atoms with Crippen LogP contribution in [0, 0.1) is 5.92 Å². The second kappa shape index (κ2) is 7.38. The Morgan fingerprint density at radius 1 is 1.50 bits per heavy atom. The number of aromatic nitrogens is 1. The molecular weight excluding hydrogens is 270 g/mol. The number of methoxy groups -OCH3 is 1. The molecular formula is C15H27N3OS. The van der Waals surface area contributed by atoms with Crippen LogP contribution < -0.4 is 10.2 Å². The van der Waals surface area contributed by atoms with E-state index in [4.69, 9.17) is 9.72 Å². The van der Waals surface area contributed by atoms with E-state index in [0.29, 0.717) is 6.04 Å². The van der Waals surface area contributed by atoms with Crippen LogP contribution in [0.5, 0.6) is 0 Å². The Morgan fingerprint density at radius 2 is 2.25 bits per heavy atom. The van der Waals surface area contributed by atoms with Crippen LogP contribution in [0.25, 0.3) is 0 Å². The van der Waals surface area contributed by atoms with Crippen molar-refractivity contribution in [3.8, 4) is 0 Å². The highest BCUT2D eigenvalue weighted by atomic mass is 32.1. The number of nitrogens with one attached hydrogen (secondary N) is 1. The highest BCUT2D eigenvalue weighted by Gasteiger charge is 2.33. The Morgan fingerprint density at radius 3 is 2.80 bits per heavy atom. The van der Waals surface area contributed by atoms with Gasteiger partial charge >= 0.3 is 0 Å². The zero-order chi connectivity index (χ0) is 14.5. The summed E-state index contributed by atoms with van der Waals surface area (Å²) in [6.07, 6.45) is 3.73. The first-order chi connectivity index (χ1) is 9.71. The van der Waals surface area contributed by atoms with E-state index in [0.717, 1.165) is 32.0 Å². The molecule has 5 heteroatoms. The van der Waals surface area contributed by atoms with Crippen LogP contribution in [0.15, 0.2) is 0 Å². The van der Waals surface area contributed by atoms with Crippen molar-refractivity contribution in [2.24, 2.45) is 5.92 Å². The van der Waals surface area contributed by atoms with Crippen molar-refractivity contribution < 1.29 is 4.74 Å². The van der Waals surface area contributed by atoms with Crippen molar-refractivity contribution in [1.82, 2.24) is 10.3 Å². The molecule has 2 rings (SSSR count). The smallest absolute Gasteiger partial charge is 0.186 e. The number of hydrogen-bond donors (Lipinski definition) is 1. The monoisotopic (exact) mass is 297 g/mol. The van der Waals surface area contributed by atoms with Gasteiger partial charge in [0.25, 0.3) is 0 Å². The van der Waals surface area contributed by atoms with Gasteiger partial charge in [-0.1, -0.05) is 6.92 Å². The minimum absolute atomic E-state index is 0.573. The Kier molecular flexibility index (Phi) is 5.81. The number of ether oxygens (including phenoxy) is 1. The van der Waals surface area contributed by atoms with Gasteiger partial charge in [-0.05, 0) is 39.2 Å². The SMILES string of the molecule is CCc1nc(N(CCOC)C(C)C2CC2)sc1CNC. The molecule has 0 aromatic carbocycles. The summed E-state index contributed by atoms with van der Waals surface area (Å²) in [4.78, 5) is 8.70. The molecule has 20 heavy (non-hydrogen) atoms. The normalized spacial score (nSPS) is 16.4. The van der Waals surface area contributed by atoms with Gasteiger partial charge in [0.05, 0.1) is 12.3 Å². The fraction of sp³-hybridized carbons (Fsp3) is 0.800. The van der Waals surface area contributed by atoms with Crippen LogP contribution in [0.1, 0.15) is 37.3 Å². The Labute approximate surface area is 126 Å². The molecule has 0 bridgehead atoms. The lowest BCUT2D eigenvalue weighted by atomic mass is 10.2. The molecule has 1 aromatic rings. The third-order valence-corrected chi connectivity index (χ3v) is 5.15. The van der Waals surface area contributed by atoms with Gasteiger partial charge in [-0.3, -0.25) is 0 Å². The molecule has 1 aliphatic rings. The lowest BCUT2D eigenvalue weighted by Crippen LogP contribution is -2.37. The molecule has 1 aromatic heterocycles. The van der Waals surface area contributed by atoms with Crippen molar-refractivity contribution in [2.45, 2.75) is 45.7 Å². The number of rotatable bonds is 9. The minimum Gasteiger partial charge on any atom is -0.383 e. The number of anilines is 1. The molecule has 1 heterocycles. The highest BCUT2D eigenvalue weighted by molar-refractivity contribution is 7.15. The Bertz CT molecular complexity index is 417. The maximum Gasteiger partial charge on any atom is 0.186 e. The molecule has 1 unspecified atom stereocenters. The summed E-state index contributed by atoms with van der Waals surface area (Å²) in [7, 11) is 3.76. The number of hydrogen-bond acceptors (Lipinski definition) is 5. The van der Waals surface area contributed by atoms with Gasteiger partial charge in [0.1, 0.15) is 0 Å². The van der Waals surface area contributed by atoms with Gasteiger partial charge in [0.2, 0.25) is 0 Å². The second-order valence-corrected chi connectivity index (χ2v) is 6.58. The second-order valence-electron chi connectivity index (χ2n) is 5.51. The van der Waals surface area contributed by atoms with Gasteiger partial charge < -0.3 is 15.0 Å². The van der Waals surface area contributed by atoms with Crippen molar-refractivity contribution in [3.05, 3.63) is 10.6 Å². The summed E-state index contributed by atoms with van der Waals surface area (Å²) in [6.45, 7) is 7.12. The topological polar surface area (TPSA) is 37.4 Å². The van der Waals surface area contributed by atoms with Crippen LogP contribution in [0.2, 0.25) is 0 Å². The van der Waals surface area contributed by atoms with E-state index in [1.54, 1.807) is 7.11 Å². The van der Waals surface area contributed by atoms with Crippen LogP contribution in [0.4, 0.5) is 5.13 Å². The quantitative estimate of drug-likeness (QED) is 0.760. The van der Waals surface area contributed by atoms with Crippen molar-refractivity contribution in [3.63, 3.8) is 0 Å². The predicted molar refractivity (Wildman–Crippen MR) is 85.7 cm³/mol. The van der Waals surface area contributed by atoms with E-state index in [-0.39, 0.29) is 0 Å². The van der Waals surface area contributed by atoms with E-state index in [2.05, 4.69) is 24.1 Å². The average molecular weight is 297 g/mol. The summed E-state index contributed by atoms with van der Waals surface area (Å²) in [5.41, 5.74) is 1.24. The van der Waals surface area contributed by atoms with Gasteiger partial charge in [-0.2, -0.15) is 0 Å². The molecule has 0 spiro atoms. The molecule has 1 atom stereocenters. The lowest BCUT2D eigenvalue weighted by molar-refractivity contribution is 0.202. The molecule has 0 radical (unpaired) electrons. The van der Waals surface area contributed by atoms with Crippen molar-refractivity contribution in [1.29, 1.82) is 0 Å². The number of thiazole rings is 1. The van der Waals surface area contributed by atoms with Gasteiger partial charge in [0.15, 0.2) is 5.13 Å². The van der Waals surface area contributed by atoms with Crippen LogP contribution in [0.3, 0.4) is 0 Å². The Balaban J connectivity index is 2.17. The average Bonchev–Trinajstić information content (AvgIpc) is 3.22. The minimum atomic E-state index is 0.573. The van der Waals surface area contributed by atoms with Gasteiger partial charge in [0, 0.05) is 31.1 Å². The van der Waals surface area contributed by atoms with Crippen molar-refractivity contribution >= 4 is 16.5 Å². The number of aryl methyl sites for hydroxylation is 1. The fourth-order valence-corrected chi connectivity index (χ4v) is 3.84. The molecule has 1 fully saturated rings. The molecule has 1 saturated carbocycles. The standard InChI is InChI=1S/C15H27N3OS/c1-5-13-14(10-16-3)20-15(17-13)18(8-9-19-4)11(2)12-6-7-12/h11-12,16H,5-10H2,1-4H3. The summed E-state index contributed by atoms with van der Waals surface area (Å²) < 4.78 is 5.28. The molecule has 1 N–H and O–H groups in total. The summed E-state index contributed by atoms with van der Waals surface area (Å²) >= 11 is 1.84. The molecule has 4 nitrogen and oxygen atoms in total. The number of nitrogens with zero attached hydrogens (tertiary/aromatic N) is 2. The summed E-state index contributed by atoms with van der Waals surface area (Å²) in [5, 5.41) is 4.42. The fourth-order valence-electron chi connectivity index (χ4n) is 2.56. The predicted octanol–water partition coefficient (Wildman–Crippen LogP) is 2.68. The summed E-state index contributed by atoms with van der Waals surface area (Å²) in [6, 6.07) is 0.573. The Hall–Kier alpha value is -0.650. The van der Waals surface area contributed by atoms with Gasteiger partial charge in [-0.25, -0.2) is 4.98 Å². The highest BCUT2D eigenvalue weighted by Crippen LogP contribution is 2.38. The first kappa shape index (κ1) is 15.7. The van der Waals surface area contributed by atoms with Crippen LogP contribution >= 0.6 is 11.3 Å². The largest absolute Gasteiger partial charge is 0.383 e. The maximum absolute atomic E-state index is 5.28. The van der Waals surface area contributed by atoms with Crippen LogP contribution in [-0.4, -0.2) is 38.3 Å². The van der Waals surface area contributed by atoms with Crippen LogP contribution in [-0.2, 0) is 17.7 Å². The zero-order valence-corrected chi connectivity index (χ0v) is 13.9. The molecule has 114 valence electrons. The molecule has 1 aliphatic carbocycles. The van der Waals surface area contributed by atoms with Crippen molar-refractivity contribution in [2.75, 3.05) is 32.2 Å². The first-order valence-electron chi connectivity index (χ1n) is 7.60. The zero-order valence-electron chi connectivity index (χ0n) is 13.1. The first-order valence-corrected chi connectivity index (χ1v) is 8.41. The van der Waals surface area contributed by atoms with E-state index in [9.17, 15) is 0 Å².